The van der Waals surface area contributed by atoms with Crippen LogP contribution >= 0.6 is 0 Å². The number of ether oxygens (including phenoxy) is 1. The summed E-state index contributed by atoms with van der Waals surface area (Å²) in [5.41, 5.74) is 6.22. The van der Waals surface area contributed by atoms with Crippen molar-refractivity contribution in [3.63, 3.8) is 0 Å². The van der Waals surface area contributed by atoms with Gasteiger partial charge in [0.15, 0.2) is 0 Å². The number of benzene rings is 2. The van der Waals surface area contributed by atoms with Gasteiger partial charge in [0.1, 0.15) is 11.3 Å². The minimum Gasteiger partial charge on any atom is -0.494 e. The van der Waals surface area contributed by atoms with Crippen LogP contribution in [-0.4, -0.2) is 24.8 Å². The van der Waals surface area contributed by atoms with E-state index < -0.39 is 0 Å². The van der Waals surface area contributed by atoms with Crippen LogP contribution in [0.5, 0.6) is 5.75 Å². The zero-order chi connectivity index (χ0) is 19.1. The Morgan fingerprint density at radius 2 is 1.82 bits per heavy atom. The van der Waals surface area contributed by atoms with E-state index in [0.717, 1.165) is 24.5 Å². The van der Waals surface area contributed by atoms with Crippen LogP contribution in [0.3, 0.4) is 0 Å². The van der Waals surface area contributed by atoms with Crippen molar-refractivity contribution in [1.82, 2.24) is 4.98 Å². The van der Waals surface area contributed by atoms with Crippen molar-refractivity contribution in [3.05, 3.63) is 59.8 Å². The van der Waals surface area contributed by atoms with E-state index in [0.29, 0.717) is 6.04 Å². The number of aromatic nitrogens is 1. The molecule has 1 aliphatic carbocycles. The van der Waals surface area contributed by atoms with E-state index in [1.54, 1.807) is 7.11 Å². The number of hydrogen-bond acceptors (Lipinski definition) is 4. The topological polar surface area (TPSA) is 28.6 Å². The van der Waals surface area contributed by atoms with Gasteiger partial charge in [-0.2, -0.15) is 0 Å². The third-order valence-corrected chi connectivity index (χ3v) is 6.26. The molecule has 1 saturated carbocycles. The molecule has 2 aromatic carbocycles. The standard InChI is InChI=1S/C24H27N3O/c1-17-10-12-19(13-11-17)26-15-18-14-25-23-21(8-5-9-22(23)28-2)24(18)27(16-26)20-6-3-4-7-20/h5,8-14,20H,3-4,6-7,15-16H2,1-2H3. The van der Waals surface area contributed by atoms with Crippen LogP contribution in [0.25, 0.3) is 10.9 Å². The van der Waals surface area contributed by atoms with Crippen molar-refractivity contribution >= 4 is 22.3 Å². The molecule has 4 nitrogen and oxygen atoms in total. The van der Waals surface area contributed by atoms with Crippen molar-refractivity contribution in [3.8, 4) is 5.75 Å². The van der Waals surface area contributed by atoms with Crippen LogP contribution < -0.4 is 14.5 Å². The fraction of sp³-hybridized carbons (Fsp3) is 0.375. The molecule has 4 heteroatoms. The van der Waals surface area contributed by atoms with Crippen molar-refractivity contribution in [2.75, 3.05) is 23.6 Å². The van der Waals surface area contributed by atoms with Crippen molar-refractivity contribution in [1.29, 1.82) is 0 Å². The molecule has 2 heterocycles. The molecule has 5 rings (SSSR count). The van der Waals surface area contributed by atoms with E-state index in [-0.39, 0.29) is 0 Å². The van der Waals surface area contributed by atoms with E-state index >= 15 is 0 Å². The molecule has 3 aromatic rings. The summed E-state index contributed by atoms with van der Waals surface area (Å²) in [6.07, 6.45) is 7.26. The second-order valence-electron chi connectivity index (χ2n) is 8.07. The Labute approximate surface area is 166 Å². The normalized spacial score (nSPS) is 17.2. The van der Waals surface area contributed by atoms with Gasteiger partial charge in [-0.3, -0.25) is 4.98 Å². The predicted octanol–water partition coefficient (Wildman–Crippen LogP) is 5.28. The number of hydrogen-bond donors (Lipinski definition) is 0. The molecule has 1 aromatic heterocycles. The highest BCUT2D eigenvalue weighted by Crippen LogP contribution is 2.41. The van der Waals surface area contributed by atoms with Crippen LogP contribution in [0, 0.1) is 6.92 Å². The molecule has 2 aliphatic rings. The highest BCUT2D eigenvalue weighted by molar-refractivity contribution is 5.97. The van der Waals surface area contributed by atoms with E-state index in [4.69, 9.17) is 9.72 Å². The van der Waals surface area contributed by atoms with Gasteiger partial charge in [-0.25, -0.2) is 0 Å². The van der Waals surface area contributed by atoms with Gasteiger partial charge < -0.3 is 14.5 Å². The molecule has 144 valence electrons. The summed E-state index contributed by atoms with van der Waals surface area (Å²) in [6, 6.07) is 15.8. The van der Waals surface area contributed by atoms with Crippen molar-refractivity contribution in [2.45, 2.75) is 45.2 Å². The molecular formula is C24H27N3O. The van der Waals surface area contributed by atoms with E-state index in [1.807, 2.05) is 6.07 Å². The summed E-state index contributed by atoms with van der Waals surface area (Å²) in [6.45, 7) is 3.96. The van der Waals surface area contributed by atoms with E-state index in [1.165, 1.54) is 53.6 Å². The molecule has 0 radical (unpaired) electrons. The third-order valence-electron chi connectivity index (χ3n) is 6.26. The number of nitrogens with zero attached hydrogens (tertiary/aromatic N) is 3. The first-order valence-corrected chi connectivity index (χ1v) is 10.3. The lowest BCUT2D eigenvalue weighted by Crippen LogP contribution is -2.47. The number of para-hydroxylation sites is 1. The molecule has 1 fully saturated rings. The molecule has 0 N–H and O–H groups in total. The summed E-state index contributed by atoms with van der Waals surface area (Å²) in [5, 5.41) is 1.22. The molecule has 0 atom stereocenters. The summed E-state index contributed by atoms with van der Waals surface area (Å²) in [7, 11) is 1.73. The van der Waals surface area contributed by atoms with Gasteiger partial charge in [-0.15, -0.1) is 0 Å². The minimum atomic E-state index is 0.601. The Morgan fingerprint density at radius 3 is 2.57 bits per heavy atom. The molecular weight excluding hydrogens is 346 g/mol. The first kappa shape index (κ1) is 17.4. The monoisotopic (exact) mass is 373 g/mol. The Hall–Kier alpha value is -2.75. The molecule has 0 bridgehead atoms. The van der Waals surface area contributed by atoms with E-state index in [2.05, 4.69) is 59.3 Å². The number of fused-ring (bicyclic) bond motifs is 3. The Balaban J connectivity index is 1.64. The maximum atomic E-state index is 5.59. The molecule has 1 aliphatic heterocycles. The molecule has 0 saturated heterocycles. The second-order valence-corrected chi connectivity index (χ2v) is 8.07. The van der Waals surface area contributed by atoms with E-state index in [9.17, 15) is 0 Å². The fourth-order valence-electron chi connectivity index (χ4n) is 4.80. The lowest BCUT2D eigenvalue weighted by molar-refractivity contribution is 0.419. The second kappa shape index (κ2) is 7.01. The summed E-state index contributed by atoms with van der Waals surface area (Å²) < 4.78 is 5.59. The number of anilines is 2. The molecule has 28 heavy (non-hydrogen) atoms. The first-order valence-electron chi connectivity index (χ1n) is 10.3. The maximum absolute atomic E-state index is 5.59. The van der Waals surface area contributed by atoms with Crippen molar-refractivity contribution < 1.29 is 4.74 Å². The SMILES string of the molecule is COc1cccc2c3c(cnc12)CN(c1ccc(C)cc1)CN3C1CCCC1. The largest absolute Gasteiger partial charge is 0.494 e. The van der Waals surface area contributed by atoms with Gasteiger partial charge in [-0.1, -0.05) is 42.7 Å². The first-order chi connectivity index (χ1) is 13.7. The average molecular weight is 374 g/mol. The summed E-state index contributed by atoms with van der Waals surface area (Å²) >= 11 is 0. The van der Waals surface area contributed by atoms with Gasteiger partial charge in [-0.05, 0) is 38.0 Å². The number of pyridine rings is 1. The van der Waals surface area contributed by atoms with Gasteiger partial charge in [0.2, 0.25) is 0 Å². The Morgan fingerprint density at radius 1 is 1.04 bits per heavy atom. The quantitative estimate of drug-likeness (QED) is 0.625. The van der Waals surface area contributed by atoms with Crippen LogP contribution in [0.4, 0.5) is 11.4 Å². The zero-order valence-corrected chi connectivity index (χ0v) is 16.7. The van der Waals surface area contributed by atoms with Crippen LogP contribution in [0.15, 0.2) is 48.7 Å². The van der Waals surface area contributed by atoms with Crippen LogP contribution in [0.1, 0.15) is 36.8 Å². The Bertz CT molecular complexity index is 993. The Kier molecular flexibility index (Phi) is 4.34. The zero-order valence-electron chi connectivity index (χ0n) is 16.7. The molecule has 0 amide bonds. The smallest absolute Gasteiger partial charge is 0.145 e. The highest BCUT2D eigenvalue weighted by atomic mass is 16.5. The van der Waals surface area contributed by atoms with Gasteiger partial charge in [0, 0.05) is 35.4 Å². The van der Waals surface area contributed by atoms with Gasteiger partial charge in [0.25, 0.3) is 0 Å². The molecule has 0 spiro atoms. The van der Waals surface area contributed by atoms with Crippen LogP contribution in [0.2, 0.25) is 0 Å². The number of methoxy groups -OCH3 is 1. The summed E-state index contributed by atoms with van der Waals surface area (Å²) in [5.74, 6) is 0.854. The van der Waals surface area contributed by atoms with Gasteiger partial charge in [0.05, 0.1) is 19.5 Å². The predicted molar refractivity (Wildman–Crippen MR) is 115 cm³/mol. The number of aryl methyl sites for hydroxylation is 1. The molecule has 0 unspecified atom stereocenters. The highest BCUT2D eigenvalue weighted by Gasteiger charge is 2.32. The summed E-state index contributed by atoms with van der Waals surface area (Å²) in [4.78, 5) is 9.90. The third kappa shape index (κ3) is 2.88. The van der Waals surface area contributed by atoms with Gasteiger partial charge >= 0.3 is 0 Å². The fourth-order valence-corrected chi connectivity index (χ4v) is 4.80. The van der Waals surface area contributed by atoms with Crippen LogP contribution in [-0.2, 0) is 6.54 Å². The average Bonchev–Trinajstić information content (AvgIpc) is 3.27. The maximum Gasteiger partial charge on any atom is 0.145 e. The minimum absolute atomic E-state index is 0.601. The lowest BCUT2D eigenvalue weighted by Gasteiger charge is -2.43. The lowest BCUT2D eigenvalue weighted by atomic mass is 10.0. The van der Waals surface area contributed by atoms with Crippen molar-refractivity contribution in [2.24, 2.45) is 0 Å². The number of rotatable bonds is 3.